The number of nitrogens with one attached hydrogen (secondary N) is 1. The molecule has 7 heteroatoms. The minimum absolute atomic E-state index is 0.128. The SMILES string of the molecule is O=C(CSc1nc(-c2ccccc2)c(-c2ccccc2)o1)Nc1cc(Cl)ccc1N1CCCCC1. The minimum atomic E-state index is -0.128. The molecule has 0 unspecified atom stereocenters. The fourth-order valence-corrected chi connectivity index (χ4v) is 5.07. The largest absolute Gasteiger partial charge is 0.431 e. The molecule has 4 aromatic rings. The predicted molar refractivity (Wildman–Crippen MR) is 144 cm³/mol. The fraction of sp³-hybridized carbons (Fsp3) is 0.214. The van der Waals surface area contributed by atoms with E-state index in [1.807, 2.05) is 78.9 Å². The molecule has 1 saturated heterocycles. The lowest BCUT2D eigenvalue weighted by Gasteiger charge is -2.30. The van der Waals surface area contributed by atoms with Gasteiger partial charge in [0.15, 0.2) is 5.76 Å². The maximum absolute atomic E-state index is 12.9. The Morgan fingerprint density at radius 2 is 1.63 bits per heavy atom. The average molecular weight is 504 g/mol. The van der Waals surface area contributed by atoms with Crippen molar-refractivity contribution in [1.29, 1.82) is 0 Å². The van der Waals surface area contributed by atoms with Gasteiger partial charge in [-0.15, -0.1) is 0 Å². The number of piperidine rings is 1. The molecule has 5 nitrogen and oxygen atoms in total. The van der Waals surface area contributed by atoms with Crippen molar-refractivity contribution in [3.63, 3.8) is 0 Å². The quantitative estimate of drug-likeness (QED) is 0.266. The van der Waals surface area contributed by atoms with Gasteiger partial charge in [-0.1, -0.05) is 84.0 Å². The van der Waals surface area contributed by atoms with Gasteiger partial charge in [0.2, 0.25) is 5.91 Å². The zero-order chi connectivity index (χ0) is 24.0. The summed E-state index contributed by atoms with van der Waals surface area (Å²) in [5.41, 5.74) is 4.44. The van der Waals surface area contributed by atoms with Gasteiger partial charge in [-0.25, -0.2) is 4.98 Å². The Morgan fingerprint density at radius 3 is 2.34 bits per heavy atom. The molecule has 1 fully saturated rings. The van der Waals surface area contributed by atoms with Crippen molar-refractivity contribution in [1.82, 2.24) is 4.98 Å². The van der Waals surface area contributed by atoms with Crippen molar-refractivity contribution in [3.05, 3.63) is 83.9 Å². The summed E-state index contributed by atoms with van der Waals surface area (Å²) >= 11 is 7.53. The molecule has 0 aliphatic carbocycles. The summed E-state index contributed by atoms with van der Waals surface area (Å²) in [4.78, 5) is 19.9. The summed E-state index contributed by atoms with van der Waals surface area (Å²) in [6.07, 6.45) is 3.56. The third-order valence-electron chi connectivity index (χ3n) is 5.95. The van der Waals surface area contributed by atoms with Crippen LogP contribution in [-0.2, 0) is 4.79 Å². The van der Waals surface area contributed by atoms with Crippen LogP contribution < -0.4 is 10.2 Å². The van der Waals surface area contributed by atoms with Gasteiger partial charge in [-0.05, 0) is 37.5 Å². The summed E-state index contributed by atoms with van der Waals surface area (Å²) in [5.74, 6) is 0.743. The Bertz CT molecular complexity index is 1230. The third-order valence-corrected chi connectivity index (χ3v) is 7.01. The first-order chi connectivity index (χ1) is 17.2. The second kappa shape index (κ2) is 11.0. The number of rotatable bonds is 7. The Balaban J connectivity index is 1.33. The summed E-state index contributed by atoms with van der Waals surface area (Å²) in [7, 11) is 0. The normalized spacial score (nSPS) is 13.6. The lowest BCUT2D eigenvalue weighted by molar-refractivity contribution is -0.113. The number of nitrogens with zero attached hydrogens (tertiary/aromatic N) is 2. The number of benzene rings is 3. The van der Waals surface area contributed by atoms with E-state index in [0.717, 1.165) is 54.1 Å². The highest BCUT2D eigenvalue weighted by Crippen LogP contribution is 2.36. The minimum Gasteiger partial charge on any atom is -0.431 e. The number of hydrogen-bond donors (Lipinski definition) is 1. The Morgan fingerprint density at radius 1 is 0.943 bits per heavy atom. The maximum atomic E-state index is 12.9. The lowest BCUT2D eigenvalue weighted by atomic mass is 10.1. The molecule has 1 N–H and O–H groups in total. The van der Waals surface area contributed by atoms with Gasteiger partial charge in [-0.2, -0.15) is 0 Å². The molecule has 1 aromatic heterocycles. The van der Waals surface area contributed by atoms with Gasteiger partial charge in [0.05, 0.1) is 17.1 Å². The number of amides is 1. The summed E-state index contributed by atoms with van der Waals surface area (Å²) in [6, 6.07) is 25.5. The second-order valence-corrected chi connectivity index (χ2v) is 9.80. The van der Waals surface area contributed by atoms with E-state index < -0.39 is 0 Å². The third kappa shape index (κ3) is 5.72. The van der Waals surface area contributed by atoms with E-state index in [4.69, 9.17) is 21.0 Å². The van der Waals surface area contributed by atoms with E-state index >= 15 is 0 Å². The zero-order valence-corrected chi connectivity index (χ0v) is 20.8. The number of anilines is 2. The van der Waals surface area contributed by atoms with Gasteiger partial charge in [0, 0.05) is 29.2 Å². The monoisotopic (exact) mass is 503 g/mol. The number of aromatic nitrogens is 1. The van der Waals surface area contributed by atoms with Crippen LogP contribution in [0.2, 0.25) is 5.02 Å². The molecule has 0 bridgehead atoms. The number of hydrogen-bond acceptors (Lipinski definition) is 5. The number of carbonyl (C=O) groups excluding carboxylic acids is 1. The van der Waals surface area contributed by atoms with Gasteiger partial charge >= 0.3 is 0 Å². The van der Waals surface area contributed by atoms with Crippen LogP contribution in [0.15, 0.2) is 88.5 Å². The maximum Gasteiger partial charge on any atom is 0.257 e. The van der Waals surface area contributed by atoms with Crippen molar-refractivity contribution in [2.75, 3.05) is 29.1 Å². The molecule has 2 heterocycles. The Labute approximate surface area is 214 Å². The van der Waals surface area contributed by atoms with E-state index in [9.17, 15) is 4.79 Å². The number of carbonyl (C=O) groups is 1. The molecule has 5 rings (SSSR count). The van der Waals surface area contributed by atoms with Crippen LogP contribution in [0.4, 0.5) is 11.4 Å². The lowest BCUT2D eigenvalue weighted by Crippen LogP contribution is -2.30. The zero-order valence-electron chi connectivity index (χ0n) is 19.2. The second-order valence-electron chi connectivity index (χ2n) is 8.44. The predicted octanol–water partition coefficient (Wildman–Crippen LogP) is 7.38. The van der Waals surface area contributed by atoms with Crippen LogP contribution in [0.3, 0.4) is 0 Å². The van der Waals surface area contributed by atoms with Gasteiger partial charge < -0.3 is 14.6 Å². The molecule has 3 aromatic carbocycles. The molecule has 1 amide bonds. The number of oxazole rings is 1. The van der Waals surface area contributed by atoms with Gasteiger partial charge in [0.1, 0.15) is 5.69 Å². The van der Waals surface area contributed by atoms with Crippen LogP contribution in [-0.4, -0.2) is 29.7 Å². The van der Waals surface area contributed by atoms with Crippen molar-refractivity contribution < 1.29 is 9.21 Å². The molecular formula is C28H26ClN3O2S. The van der Waals surface area contributed by atoms with Crippen LogP contribution >= 0.6 is 23.4 Å². The summed E-state index contributed by atoms with van der Waals surface area (Å²) in [5, 5.41) is 4.11. The Kier molecular flexibility index (Phi) is 7.40. The molecule has 0 atom stereocenters. The topological polar surface area (TPSA) is 58.4 Å². The molecule has 0 saturated carbocycles. The van der Waals surface area contributed by atoms with E-state index in [1.54, 1.807) is 0 Å². The van der Waals surface area contributed by atoms with E-state index in [0.29, 0.717) is 16.0 Å². The highest BCUT2D eigenvalue weighted by Gasteiger charge is 2.19. The molecule has 1 aliphatic rings. The van der Waals surface area contributed by atoms with Crippen molar-refractivity contribution >= 4 is 40.6 Å². The first-order valence-electron chi connectivity index (χ1n) is 11.8. The standard InChI is InChI=1S/C28H26ClN3O2S/c29-22-14-15-24(32-16-8-3-9-17-32)23(18-22)30-25(33)19-35-28-31-26(20-10-4-1-5-11-20)27(34-28)21-12-6-2-7-13-21/h1-2,4-7,10-15,18H,3,8-9,16-17,19H2,(H,30,33). The molecule has 178 valence electrons. The fourth-order valence-electron chi connectivity index (χ4n) is 4.27. The van der Waals surface area contributed by atoms with Crippen LogP contribution in [0.1, 0.15) is 19.3 Å². The number of halogens is 1. The van der Waals surface area contributed by atoms with E-state index in [-0.39, 0.29) is 11.7 Å². The van der Waals surface area contributed by atoms with Gasteiger partial charge in [-0.3, -0.25) is 4.79 Å². The molecule has 35 heavy (non-hydrogen) atoms. The summed E-state index contributed by atoms with van der Waals surface area (Å²) in [6.45, 7) is 1.97. The first kappa shape index (κ1) is 23.5. The highest BCUT2D eigenvalue weighted by atomic mass is 35.5. The summed E-state index contributed by atoms with van der Waals surface area (Å²) < 4.78 is 6.14. The van der Waals surface area contributed by atoms with Gasteiger partial charge in [0.25, 0.3) is 5.22 Å². The van der Waals surface area contributed by atoms with Crippen molar-refractivity contribution in [3.8, 4) is 22.6 Å². The van der Waals surface area contributed by atoms with Crippen LogP contribution in [0.5, 0.6) is 0 Å². The number of thioether (sulfide) groups is 1. The molecule has 1 aliphatic heterocycles. The highest BCUT2D eigenvalue weighted by molar-refractivity contribution is 7.99. The van der Waals surface area contributed by atoms with E-state index in [2.05, 4.69) is 10.2 Å². The van der Waals surface area contributed by atoms with Crippen molar-refractivity contribution in [2.45, 2.75) is 24.5 Å². The smallest absolute Gasteiger partial charge is 0.257 e. The van der Waals surface area contributed by atoms with Crippen molar-refractivity contribution in [2.24, 2.45) is 0 Å². The van der Waals surface area contributed by atoms with E-state index in [1.165, 1.54) is 18.2 Å². The molecular weight excluding hydrogens is 478 g/mol. The first-order valence-corrected chi connectivity index (χ1v) is 13.1. The average Bonchev–Trinajstić information content (AvgIpc) is 3.34. The Hall–Kier alpha value is -3.22. The van der Waals surface area contributed by atoms with Crippen LogP contribution in [0.25, 0.3) is 22.6 Å². The molecule has 0 radical (unpaired) electrons. The van der Waals surface area contributed by atoms with Crippen LogP contribution in [0, 0.1) is 0 Å². The molecule has 0 spiro atoms.